The predicted molar refractivity (Wildman–Crippen MR) is 92.1 cm³/mol. The normalized spacial score (nSPS) is 12.3. The summed E-state index contributed by atoms with van der Waals surface area (Å²) in [4.78, 5) is 16.7. The Hall–Kier alpha value is -3.10. The first kappa shape index (κ1) is 17.7. The van der Waals surface area contributed by atoms with Crippen molar-refractivity contribution in [3.8, 4) is 0 Å². The predicted octanol–water partition coefficient (Wildman–Crippen LogP) is 1.79. The summed E-state index contributed by atoms with van der Waals surface area (Å²) < 4.78 is 6.86. The molecule has 0 saturated heterocycles. The Morgan fingerprint density at radius 1 is 1.23 bits per heavy atom. The Morgan fingerprint density at radius 3 is 2.65 bits per heavy atom. The van der Waals surface area contributed by atoms with Crippen molar-refractivity contribution in [2.45, 2.75) is 39.8 Å². The number of carbonyl (C=O) groups is 1. The van der Waals surface area contributed by atoms with Crippen molar-refractivity contribution in [1.82, 2.24) is 35.7 Å². The molecule has 0 unspecified atom stereocenters. The maximum absolute atomic E-state index is 12.4. The molecule has 9 heteroatoms. The number of benzene rings is 1. The number of tetrazole rings is 1. The van der Waals surface area contributed by atoms with Crippen LogP contribution in [-0.2, 0) is 13.0 Å². The van der Waals surface area contributed by atoms with E-state index in [1.165, 1.54) is 0 Å². The molecule has 0 aliphatic carbocycles. The number of rotatable bonds is 7. The van der Waals surface area contributed by atoms with E-state index in [0.29, 0.717) is 29.7 Å². The van der Waals surface area contributed by atoms with E-state index in [9.17, 15) is 4.79 Å². The van der Waals surface area contributed by atoms with Gasteiger partial charge in [0.1, 0.15) is 12.4 Å². The highest BCUT2D eigenvalue weighted by Gasteiger charge is 2.18. The molecule has 1 amide bonds. The molecule has 0 fully saturated rings. The standard InChI is InChI=1S/C17H21N7O2/c1-11(2)8-15-20-17(26-21-15)12(3)19-16(25)14-6-4-13(5-7-14)9-24-10-18-22-23-24/h4-7,10-12H,8-9H2,1-3H3,(H,19,25)/t12-/m1/s1. The molecule has 136 valence electrons. The molecule has 3 aromatic rings. The fourth-order valence-corrected chi connectivity index (χ4v) is 2.43. The van der Waals surface area contributed by atoms with Crippen molar-refractivity contribution in [1.29, 1.82) is 0 Å². The van der Waals surface area contributed by atoms with Gasteiger partial charge in [0.05, 0.1) is 6.54 Å². The number of amides is 1. The van der Waals surface area contributed by atoms with Gasteiger partial charge in [-0.15, -0.1) is 5.10 Å². The van der Waals surface area contributed by atoms with Crippen LogP contribution in [0.3, 0.4) is 0 Å². The molecule has 26 heavy (non-hydrogen) atoms. The number of hydrogen-bond donors (Lipinski definition) is 1. The van der Waals surface area contributed by atoms with E-state index in [1.54, 1.807) is 23.1 Å². The van der Waals surface area contributed by atoms with Gasteiger partial charge >= 0.3 is 0 Å². The zero-order valence-corrected chi connectivity index (χ0v) is 15.0. The largest absolute Gasteiger partial charge is 0.341 e. The van der Waals surface area contributed by atoms with E-state index < -0.39 is 0 Å². The van der Waals surface area contributed by atoms with Crippen molar-refractivity contribution in [2.24, 2.45) is 5.92 Å². The van der Waals surface area contributed by atoms with Crippen molar-refractivity contribution < 1.29 is 9.32 Å². The van der Waals surface area contributed by atoms with Gasteiger partial charge in [-0.05, 0) is 41.0 Å². The summed E-state index contributed by atoms with van der Waals surface area (Å²) in [5, 5.41) is 17.8. The van der Waals surface area contributed by atoms with Crippen LogP contribution in [0.1, 0.15) is 54.4 Å². The number of nitrogens with one attached hydrogen (secondary N) is 1. The van der Waals surface area contributed by atoms with Gasteiger partial charge in [-0.25, -0.2) is 4.68 Å². The number of aromatic nitrogens is 6. The lowest BCUT2D eigenvalue weighted by molar-refractivity contribution is 0.0932. The lowest BCUT2D eigenvalue weighted by Gasteiger charge is -2.10. The minimum atomic E-state index is -0.364. The molecule has 0 saturated carbocycles. The van der Waals surface area contributed by atoms with Crippen molar-refractivity contribution >= 4 is 5.91 Å². The van der Waals surface area contributed by atoms with Gasteiger partial charge in [0.2, 0.25) is 5.89 Å². The quantitative estimate of drug-likeness (QED) is 0.687. The Balaban J connectivity index is 1.59. The maximum Gasteiger partial charge on any atom is 0.251 e. The second kappa shape index (κ2) is 7.85. The van der Waals surface area contributed by atoms with Gasteiger partial charge in [0.15, 0.2) is 5.82 Å². The summed E-state index contributed by atoms with van der Waals surface area (Å²) in [5.41, 5.74) is 1.55. The highest BCUT2D eigenvalue weighted by molar-refractivity contribution is 5.94. The van der Waals surface area contributed by atoms with Gasteiger partial charge < -0.3 is 9.84 Å². The first-order chi connectivity index (χ1) is 12.5. The SMILES string of the molecule is CC(C)Cc1noc([C@@H](C)NC(=O)c2ccc(Cn3cnnn3)cc2)n1. The van der Waals surface area contributed by atoms with Crippen LogP contribution in [0.2, 0.25) is 0 Å². The molecule has 1 atom stereocenters. The summed E-state index contributed by atoms with van der Waals surface area (Å²) >= 11 is 0. The zero-order chi connectivity index (χ0) is 18.5. The monoisotopic (exact) mass is 355 g/mol. The lowest BCUT2D eigenvalue weighted by atomic mass is 10.1. The number of nitrogens with zero attached hydrogens (tertiary/aromatic N) is 6. The molecule has 1 aromatic carbocycles. The molecule has 0 aliphatic rings. The average molecular weight is 355 g/mol. The van der Waals surface area contributed by atoms with E-state index in [4.69, 9.17) is 4.52 Å². The van der Waals surface area contributed by atoms with Gasteiger partial charge in [0, 0.05) is 12.0 Å². The Kier molecular flexibility index (Phi) is 5.35. The van der Waals surface area contributed by atoms with Crippen LogP contribution >= 0.6 is 0 Å². The number of carbonyl (C=O) groups excluding carboxylic acids is 1. The molecule has 0 aliphatic heterocycles. The minimum absolute atomic E-state index is 0.199. The Labute approximate surface area is 150 Å². The molecule has 0 bridgehead atoms. The molecule has 3 rings (SSSR count). The van der Waals surface area contributed by atoms with Crippen LogP contribution in [0.25, 0.3) is 0 Å². The van der Waals surface area contributed by atoms with Gasteiger partial charge in [-0.3, -0.25) is 4.79 Å². The first-order valence-corrected chi connectivity index (χ1v) is 8.44. The number of hydrogen-bond acceptors (Lipinski definition) is 7. The molecule has 9 nitrogen and oxygen atoms in total. The lowest BCUT2D eigenvalue weighted by Crippen LogP contribution is -2.26. The Bertz CT molecular complexity index is 840. The zero-order valence-electron chi connectivity index (χ0n) is 15.0. The van der Waals surface area contributed by atoms with Crippen molar-refractivity contribution in [2.75, 3.05) is 0 Å². The van der Waals surface area contributed by atoms with E-state index in [-0.39, 0.29) is 11.9 Å². The van der Waals surface area contributed by atoms with Crippen LogP contribution in [0.4, 0.5) is 0 Å². The van der Waals surface area contributed by atoms with Crippen LogP contribution in [0.5, 0.6) is 0 Å². The molecule has 0 spiro atoms. The maximum atomic E-state index is 12.4. The van der Waals surface area contributed by atoms with Crippen LogP contribution in [0.15, 0.2) is 35.1 Å². The molecular formula is C17H21N7O2. The van der Waals surface area contributed by atoms with Gasteiger partial charge in [-0.2, -0.15) is 4.98 Å². The molecule has 2 heterocycles. The third-order valence-electron chi connectivity index (χ3n) is 3.74. The van der Waals surface area contributed by atoms with Crippen LogP contribution < -0.4 is 5.32 Å². The summed E-state index contributed by atoms with van der Waals surface area (Å²) in [5.74, 6) is 1.31. The third-order valence-corrected chi connectivity index (χ3v) is 3.74. The fourth-order valence-electron chi connectivity index (χ4n) is 2.43. The van der Waals surface area contributed by atoms with E-state index in [0.717, 1.165) is 12.0 Å². The van der Waals surface area contributed by atoms with Crippen molar-refractivity contribution in [3.63, 3.8) is 0 Å². The average Bonchev–Trinajstić information content (AvgIpc) is 3.27. The smallest absolute Gasteiger partial charge is 0.251 e. The highest BCUT2D eigenvalue weighted by Crippen LogP contribution is 2.13. The van der Waals surface area contributed by atoms with E-state index in [1.807, 2.05) is 19.1 Å². The fraction of sp³-hybridized carbons (Fsp3) is 0.412. The van der Waals surface area contributed by atoms with Crippen LogP contribution in [-0.4, -0.2) is 36.3 Å². The van der Waals surface area contributed by atoms with Crippen LogP contribution in [0, 0.1) is 5.92 Å². The molecular weight excluding hydrogens is 334 g/mol. The summed E-state index contributed by atoms with van der Waals surface area (Å²) in [6.07, 6.45) is 2.28. The van der Waals surface area contributed by atoms with Gasteiger partial charge in [-0.1, -0.05) is 31.1 Å². The summed E-state index contributed by atoms with van der Waals surface area (Å²) in [7, 11) is 0. The first-order valence-electron chi connectivity index (χ1n) is 8.44. The molecule has 2 aromatic heterocycles. The summed E-state index contributed by atoms with van der Waals surface area (Å²) in [6, 6.07) is 6.90. The topological polar surface area (TPSA) is 112 Å². The van der Waals surface area contributed by atoms with Gasteiger partial charge in [0.25, 0.3) is 5.91 Å². The van der Waals surface area contributed by atoms with Crippen molar-refractivity contribution in [3.05, 3.63) is 53.4 Å². The molecule has 0 radical (unpaired) electrons. The Morgan fingerprint density at radius 2 is 2.00 bits per heavy atom. The minimum Gasteiger partial charge on any atom is -0.341 e. The second-order valence-corrected chi connectivity index (χ2v) is 6.55. The summed E-state index contributed by atoms with van der Waals surface area (Å²) in [6.45, 7) is 6.54. The third kappa shape index (κ3) is 4.50. The highest BCUT2D eigenvalue weighted by atomic mass is 16.5. The van der Waals surface area contributed by atoms with E-state index in [2.05, 4.69) is 44.8 Å². The molecule has 1 N–H and O–H groups in total. The van der Waals surface area contributed by atoms with E-state index >= 15 is 0 Å². The second-order valence-electron chi connectivity index (χ2n) is 6.55.